The number of rotatable bonds is 4. The minimum atomic E-state index is -5.11. The average molecular weight is 599 g/mol. The number of pyridine rings is 1. The largest absolute Gasteiger partial charge is 0.426 e. The van der Waals surface area contributed by atoms with Gasteiger partial charge in [0.15, 0.2) is 0 Å². The van der Waals surface area contributed by atoms with Crippen LogP contribution in [0.2, 0.25) is 0 Å². The second kappa shape index (κ2) is 11.0. The monoisotopic (exact) mass is 599 g/mol. The van der Waals surface area contributed by atoms with E-state index in [9.17, 15) is 36.5 Å². The fourth-order valence-corrected chi connectivity index (χ4v) is 4.84. The van der Waals surface area contributed by atoms with E-state index in [1.807, 2.05) is 0 Å². The Balaban J connectivity index is 1.70. The van der Waals surface area contributed by atoms with Crippen LogP contribution < -0.4 is 5.32 Å². The van der Waals surface area contributed by atoms with Crippen molar-refractivity contribution < 1.29 is 45.2 Å². The molecule has 0 saturated carbocycles. The van der Waals surface area contributed by atoms with E-state index < -0.39 is 76.0 Å². The fourth-order valence-electron chi connectivity index (χ4n) is 4.84. The molecule has 1 N–H and O–H groups in total. The predicted octanol–water partition coefficient (Wildman–Crippen LogP) is 6.34. The highest BCUT2D eigenvalue weighted by Crippen LogP contribution is 2.48. The number of alkyl halides is 6. The molecule has 0 amide bonds. The molecule has 1 unspecified atom stereocenters. The lowest BCUT2D eigenvalue weighted by Crippen LogP contribution is -2.45. The lowest BCUT2D eigenvalue weighted by atomic mass is 9.92. The lowest BCUT2D eigenvalue weighted by molar-refractivity contribution is -0.384. The lowest BCUT2D eigenvalue weighted by Gasteiger charge is -2.32. The number of ether oxygens (including phenoxy) is 2. The number of aromatic nitrogens is 3. The standard InChI is InChI=1S/C26H23F6N5O5/c27-25(28,29)17-13-18(37(38)39)19-21-35-36-22(42-21)24(26(30,31)32,41-14-16-7-3-1-4-8-16)10-6-2-5-9-23(11-12-40-15-23)34-20(17)33-19/h1-5,7-8,13H,6,9-12,14-15H2,(H,33,34)/b5-2-/t23?,24-/m1/s1. The van der Waals surface area contributed by atoms with Gasteiger partial charge in [0.1, 0.15) is 11.4 Å². The summed E-state index contributed by atoms with van der Waals surface area (Å²) >= 11 is 0. The van der Waals surface area contributed by atoms with Crippen LogP contribution in [0.4, 0.5) is 37.8 Å². The SMILES string of the molecule is O=[N+]([O-])c1cc(C(F)(F)F)c2nc1-c1nnc(o1)[C@@](OCc1ccccc1)(C(F)(F)F)CC/C=C\CC1(CCOC1)N2. The van der Waals surface area contributed by atoms with Crippen LogP contribution in [-0.2, 0) is 27.9 Å². The van der Waals surface area contributed by atoms with Crippen molar-refractivity contribution in [2.45, 2.75) is 55.8 Å². The van der Waals surface area contributed by atoms with Gasteiger partial charge in [-0.15, -0.1) is 10.2 Å². The van der Waals surface area contributed by atoms with Gasteiger partial charge in [0, 0.05) is 12.7 Å². The van der Waals surface area contributed by atoms with Gasteiger partial charge in [0.05, 0.1) is 23.7 Å². The minimum absolute atomic E-state index is 0.0416. The van der Waals surface area contributed by atoms with Gasteiger partial charge < -0.3 is 19.2 Å². The van der Waals surface area contributed by atoms with Gasteiger partial charge in [0.2, 0.25) is 11.3 Å². The zero-order valence-electron chi connectivity index (χ0n) is 21.7. The van der Waals surface area contributed by atoms with Crippen LogP contribution in [0.5, 0.6) is 0 Å². The highest BCUT2D eigenvalue weighted by atomic mass is 19.4. The van der Waals surface area contributed by atoms with Crippen molar-refractivity contribution in [1.29, 1.82) is 0 Å². The van der Waals surface area contributed by atoms with Crippen LogP contribution in [0.25, 0.3) is 11.6 Å². The molecule has 3 aromatic rings. The van der Waals surface area contributed by atoms with Gasteiger partial charge in [-0.2, -0.15) is 26.3 Å². The number of nitrogens with zero attached hydrogens (tertiary/aromatic N) is 4. The van der Waals surface area contributed by atoms with Crippen molar-refractivity contribution in [2.24, 2.45) is 0 Å². The average Bonchev–Trinajstić information content (AvgIpc) is 3.59. The van der Waals surface area contributed by atoms with Crippen LogP contribution in [0.3, 0.4) is 0 Å². The van der Waals surface area contributed by atoms with E-state index in [4.69, 9.17) is 13.9 Å². The Morgan fingerprint density at radius 1 is 1.07 bits per heavy atom. The predicted molar refractivity (Wildman–Crippen MR) is 133 cm³/mol. The Morgan fingerprint density at radius 3 is 2.48 bits per heavy atom. The Kier molecular flexibility index (Phi) is 7.70. The molecule has 1 saturated heterocycles. The third kappa shape index (κ3) is 5.68. The molecule has 1 aromatic carbocycles. The van der Waals surface area contributed by atoms with Crippen molar-refractivity contribution in [3.63, 3.8) is 0 Å². The maximum absolute atomic E-state index is 14.8. The number of allylic oxidation sites excluding steroid dienone is 1. The molecule has 224 valence electrons. The van der Waals surface area contributed by atoms with Crippen molar-refractivity contribution in [3.05, 3.63) is 75.7 Å². The number of hydrogen-bond donors (Lipinski definition) is 1. The van der Waals surface area contributed by atoms with E-state index in [2.05, 4.69) is 20.5 Å². The zero-order chi connectivity index (χ0) is 30.2. The van der Waals surface area contributed by atoms with Crippen LogP contribution >= 0.6 is 0 Å². The summed E-state index contributed by atoms with van der Waals surface area (Å²) in [5.41, 5.74) is -7.33. The normalized spacial score (nSPS) is 23.8. The van der Waals surface area contributed by atoms with E-state index in [0.717, 1.165) is 0 Å². The molecule has 10 nitrogen and oxygen atoms in total. The summed E-state index contributed by atoms with van der Waals surface area (Å²) in [4.78, 5) is 14.5. The molecule has 2 atom stereocenters. The summed E-state index contributed by atoms with van der Waals surface area (Å²) in [6.07, 6.45) is -7.78. The molecular formula is C26H23F6N5O5. The quantitative estimate of drug-likeness (QED) is 0.158. The zero-order valence-corrected chi connectivity index (χ0v) is 21.7. The molecule has 4 bridgehead atoms. The summed E-state index contributed by atoms with van der Waals surface area (Å²) in [5.74, 6) is -2.74. The second-order valence-corrected chi connectivity index (χ2v) is 9.94. The van der Waals surface area contributed by atoms with Crippen molar-refractivity contribution in [2.75, 3.05) is 18.5 Å². The smallest absolute Gasteiger partial charge is 0.415 e. The first-order valence-electron chi connectivity index (χ1n) is 12.7. The Labute approximate surface area is 233 Å². The van der Waals surface area contributed by atoms with Gasteiger partial charge in [-0.05, 0) is 31.2 Å². The Morgan fingerprint density at radius 2 is 1.83 bits per heavy atom. The number of anilines is 1. The summed E-state index contributed by atoms with van der Waals surface area (Å²) in [5, 5.41) is 21.7. The van der Waals surface area contributed by atoms with E-state index in [-0.39, 0.29) is 38.5 Å². The van der Waals surface area contributed by atoms with Gasteiger partial charge in [-0.25, -0.2) is 4.98 Å². The molecule has 4 heterocycles. The number of halogens is 6. The summed E-state index contributed by atoms with van der Waals surface area (Å²) in [7, 11) is 0. The van der Waals surface area contributed by atoms with E-state index in [0.29, 0.717) is 5.56 Å². The number of nitrogens with one attached hydrogen (secondary N) is 1. The third-order valence-corrected chi connectivity index (χ3v) is 7.09. The number of fused-ring (bicyclic) bond motifs is 5. The molecule has 1 fully saturated rings. The Hall–Kier alpha value is -4.05. The van der Waals surface area contributed by atoms with Crippen molar-refractivity contribution in [1.82, 2.24) is 15.2 Å². The third-order valence-electron chi connectivity index (χ3n) is 7.09. The first-order valence-corrected chi connectivity index (χ1v) is 12.7. The molecule has 1 spiro atoms. The molecule has 42 heavy (non-hydrogen) atoms. The van der Waals surface area contributed by atoms with Crippen LogP contribution in [0.1, 0.15) is 42.7 Å². The summed E-state index contributed by atoms with van der Waals surface area (Å²) < 4.78 is 103. The number of benzene rings is 1. The topological polar surface area (TPSA) is 125 Å². The second-order valence-electron chi connectivity index (χ2n) is 9.94. The number of hydrogen-bond acceptors (Lipinski definition) is 9. The molecule has 0 aliphatic carbocycles. The molecule has 2 aliphatic heterocycles. The minimum Gasteiger partial charge on any atom is -0.415 e. The number of nitro groups is 1. The first kappa shape index (κ1) is 29.4. The van der Waals surface area contributed by atoms with Gasteiger partial charge in [0.25, 0.3) is 11.8 Å². The van der Waals surface area contributed by atoms with Crippen LogP contribution in [0.15, 0.2) is 53.0 Å². The van der Waals surface area contributed by atoms with Crippen molar-refractivity contribution >= 4 is 11.5 Å². The van der Waals surface area contributed by atoms with Gasteiger partial charge in [-0.3, -0.25) is 10.1 Å². The molecule has 5 rings (SSSR count). The highest BCUT2D eigenvalue weighted by molar-refractivity contribution is 5.68. The molecule has 0 radical (unpaired) electrons. The summed E-state index contributed by atoms with van der Waals surface area (Å²) in [6.45, 7) is -0.353. The first-order chi connectivity index (χ1) is 19.8. The molecule has 2 aromatic heterocycles. The van der Waals surface area contributed by atoms with E-state index in [1.165, 1.54) is 12.2 Å². The van der Waals surface area contributed by atoms with Crippen LogP contribution in [-0.4, -0.2) is 45.0 Å². The van der Waals surface area contributed by atoms with E-state index >= 15 is 0 Å². The fraction of sp³-hybridized carbons (Fsp3) is 0.423. The highest BCUT2D eigenvalue weighted by Gasteiger charge is 2.61. The summed E-state index contributed by atoms with van der Waals surface area (Å²) in [6, 6.07) is 8.25. The Bertz CT molecular complexity index is 1470. The van der Waals surface area contributed by atoms with E-state index in [1.54, 1.807) is 30.3 Å². The molecular weight excluding hydrogens is 576 g/mol. The maximum Gasteiger partial charge on any atom is 0.426 e. The van der Waals surface area contributed by atoms with Gasteiger partial charge >= 0.3 is 18.0 Å². The van der Waals surface area contributed by atoms with Crippen molar-refractivity contribution in [3.8, 4) is 11.6 Å². The van der Waals surface area contributed by atoms with Crippen LogP contribution in [0, 0.1) is 10.1 Å². The molecule has 2 aliphatic rings. The van der Waals surface area contributed by atoms with Gasteiger partial charge in [-0.1, -0.05) is 42.5 Å². The molecule has 16 heteroatoms. The maximum atomic E-state index is 14.8.